The summed E-state index contributed by atoms with van der Waals surface area (Å²) in [7, 11) is 0. The molecule has 2 N–H and O–H groups in total. The van der Waals surface area contributed by atoms with E-state index in [1.807, 2.05) is 6.07 Å². The molecule has 0 aliphatic carbocycles. The maximum atomic E-state index is 8.88. The Morgan fingerprint density at radius 1 is 1.24 bits per heavy atom. The fraction of sp³-hybridized carbons (Fsp3) is 0.667. The predicted molar refractivity (Wildman–Crippen MR) is 82.7 cm³/mol. The molecule has 0 spiro atoms. The number of aromatic nitrogens is 2. The zero-order valence-electron chi connectivity index (χ0n) is 12.7. The number of nitrogens with two attached hydrogens (primary N) is 1. The van der Waals surface area contributed by atoms with Gasteiger partial charge in [-0.05, 0) is 38.8 Å². The van der Waals surface area contributed by atoms with Crippen molar-refractivity contribution in [1.29, 1.82) is 5.26 Å². The average molecular weight is 288 g/mol. The molecule has 2 heterocycles. The summed E-state index contributed by atoms with van der Waals surface area (Å²) in [5, 5.41) is 8.88. The van der Waals surface area contributed by atoms with Gasteiger partial charge in [0.05, 0.1) is 6.07 Å². The number of rotatable bonds is 6. The highest BCUT2D eigenvalue weighted by Crippen LogP contribution is 2.12. The Morgan fingerprint density at radius 3 is 2.52 bits per heavy atom. The molecule has 21 heavy (non-hydrogen) atoms. The lowest BCUT2D eigenvalue weighted by atomic mass is 9.98. The van der Waals surface area contributed by atoms with E-state index >= 15 is 0 Å². The second-order valence-electron chi connectivity index (χ2n) is 5.86. The Kier molecular flexibility index (Phi) is 5.48. The second-order valence-corrected chi connectivity index (χ2v) is 5.86. The normalized spacial score (nSPS) is 19.0. The highest BCUT2D eigenvalue weighted by molar-refractivity contribution is 5.29. The molecule has 6 nitrogen and oxygen atoms in total. The van der Waals surface area contributed by atoms with Crippen LogP contribution in [0, 0.1) is 11.3 Å². The largest absolute Gasteiger partial charge is 0.338 e. The number of hydrogen-bond acceptors (Lipinski definition) is 6. The van der Waals surface area contributed by atoms with Gasteiger partial charge in [-0.2, -0.15) is 5.26 Å². The first-order chi connectivity index (χ1) is 10.1. The van der Waals surface area contributed by atoms with Gasteiger partial charge in [0.1, 0.15) is 5.54 Å². The summed E-state index contributed by atoms with van der Waals surface area (Å²) in [6.07, 6.45) is 6.43. The molecule has 6 heteroatoms. The minimum atomic E-state index is -0.677. The monoisotopic (exact) mass is 288 g/mol. The van der Waals surface area contributed by atoms with E-state index in [4.69, 9.17) is 11.0 Å². The van der Waals surface area contributed by atoms with E-state index in [-0.39, 0.29) is 0 Å². The van der Waals surface area contributed by atoms with Gasteiger partial charge in [0.25, 0.3) is 0 Å². The van der Waals surface area contributed by atoms with Crippen molar-refractivity contribution in [3.63, 3.8) is 0 Å². The van der Waals surface area contributed by atoms with Crippen LogP contribution in [0.25, 0.3) is 0 Å². The van der Waals surface area contributed by atoms with Gasteiger partial charge >= 0.3 is 0 Å². The average Bonchev–Trinajstić information content (AvgIpc) is 2.53. The maximum absolute atomic E-state index is 8.88. The summed E-state index contributed by atoms with van der Waals surface area (Å²) in [5.74, 6) is 0.824. The minimum Gasteiger partial charge on any atom is -0.338 e. The molecule has 1 fully saturated rings. The maximum Gasteiger partial charge on any atom is 0.225 e. The predicted octanol–water partition coefficient (Wildman–Crippen LogP) is 1.01. The summed E-state index contributed by atoms with van der Waals surface area (Å²) in [6, 6.07) is 3.99. The van der Waals surface area contributed by atoms with Gasteiger partial charge in [0.2, 0.25) is 5.95 Å². The first-order valence-corrected chi connectivity index (χ1v) is 7.55. The van der Waals surface area contributed by atoms with E-state index in [0.29, 0.717) is 0 Å². The second kappa shape index (κ2) is 7.34. The van der Waals surface area contributed by atoms with E-state index in [0.717, 1.165) is 57.9 Å². The number of piperazine rings is 1. The van der Waals surface area contributed by atoms with Crippen LogP contribution in [0.15, 0.2) is 18.5 Å². The fourth-order valence-corrected chi connectivity index (χ4v) is 2.51. The van der Waals surface area contributed by atoms with Crippen LogP contribution in [-0.4, -0.2) is 53.1 Å². The molecule has 1 aliphatic rings. The summed E-state index contributed by atoms with van der Waals surface area (Å²) >= 11 is 0. The van der Waals surface area contributed by atoms with Gasteiger partial charge in [0, 0.05) is 38.6 Å². The van der Waals surface area contributed by atoms with Crippen LogP contribution in [0.3, 0.4) is 0 Å². The molecule has 1 unspecified atom stereocenters. The molecular formula is C15H24N6. The van der Waals surface area contributed by atoms with Gasteiger partial charge < -0.3 is 10.6 Å². The summed E-state index contributed by atoms with van der Waals surface area (Å²) in [6.45, 7) is 6.89. The molecule has 1 saturated heterocycles. The van der Waals surface area contributed by atoms with E-state index in [1.54, 1.807) is 19.3 Å². The molecule has 0 amide bonds. The van der Waals surface area contributed by atoms with Crippen LogP contribution in [0.1, 0.15) is 26.2 Å². The Labute approximate surface area is 126 Å². The Bertz CT molecular complexity index is 459. The Hall–Kier alpha value is -1.71. The van der Waals surface area contributed by atoms with E-state index in [9.17, 15) is 0 Å². The lowest BCUT2D eigenvalue weighted by molar-refractivity contribution is 0.249. The lowest BCUT2D eigenvalue weighted by Gasteiger charge is -2.34. The number of unbranched alkanes of at least 4 members (excludes halogenated alkanes) is 1. The third-order valence-corrected chi connectivity index (χ3v) is 3.88. The molecule has 0 saturated carbocycles. The molecule has 0 aromatic carbocycles. The van der Waals surface area contributed by atoms with Crippen molar-refractivity contribution in [2.24, 2.45) is 5.73 Å². The smallest absolute Gasteiger partial charge is 0.225 e. The van der Waals surface area contributed by atoms with Crippen molar-refractivity contribution in [1.82, 2.24) is 14.9 Å². The van der Waals surface area contributed by atoms with E-state index in [2.05, 4.69) is 25.8 Å². The quantitative estimate of drug-likeness (QED) is 0.787. The fourth-order valence-electron chi connectivity index (χ4n) is 2.51. The van der Waals surface area contributed by atoms with Crippen molar-refractivity contribution in [3.8, 4) is 6.07 Å². The molecule has 0 bridgehead atoms. The van der Waals surface area contributed by atoms with Crippen LogP contribution >= 0.6 is 0 Å². The molecule has 114 valence electrons. The van der Waals surface area contributed by atoms with Gasteiger partial charge in [-0.3, -0.25) is 4.90 Å². The van der Waals surface area contributed by atoms with Crippen molar-refractivity contribution in [2.75, 3.05) is 37.6 Å². The topological polar surface area (TPSA) is 82.1 Å². The van der Waals surface area contributed by atoms with Crippen LogP contribution in [0.2, 0.25) is 0 Å². The lowest BCUT2D eigenvalue weighted by Crippen LogP contribution is -2.47. The Balaban J connectivity index is 1.65. The molecule has 0 radical (unpaired) electrons. The van der Waals surface area contributed by atoms with Gasteiger partial charge in [-0.15, -0.1) is 0 Å². The van der Waals surface area contributed by atoms with Crippen molar-refractivity contribution >= 4 is 5.95 Å². The first kappa shape index (κ1) is 15.7. The van der Waals surface area contributed by atoms with Crippen LogP contribution in [0.5, 0.6) is 0 Å². The third kappa shape index (κ3) is 4.96. The van der Waals surface area contributed by atoms with E-state index in [1.165, 1.54) is 0 Å². The van der Waals surface area contributed by atoms with Gasteiger partial charge in [-0.1, -0.05) is 0 Å². The van der Waals surface area contributed by atoms with Crippen LogP contribution < -0.4 is 10.6 Å². The van der Waals surface area contributed by atoms with Crippen molar-refractivity contribution in [3.05, 3.63) is 18.5 Å². The number of hydrogen-bond donors (Lipinski definition) is 1. The zero-order chi connectivity index (χ0) is 15.1. The number of nitrogens with zero attached hydrogens (tertiary/aromatic N) is 5. The van der Waals surface area contributed by atoms with Crippen LogP contribution in [0.4, 0.5) is 5.95 Å². The highest BCUT2D eigenvalue weighted by Gasteiger charge is 2.19. The van der Waals surface area contributed by atoms with Gasteiger partial charge in [-0.25, -0.2) is 9.97 Å². The minimum absolute atomic E-state index is 0.677. The molecule has 2 rings (SSSR count). The molecule has 1 aliphatic heterocycles. The SMILES string of the molecule is CC(N)(C#N)CCCCN1CCN(c2ncccn2)CC1. The zero-order valence-corrected chi connectivity index (χ0v) is 12.7. The van der Waals surface area contributed by atoms with E-state index < -0.39 is 5.54 Å². The van der Waals surface area contributed by atoms with Crippen molar-refractivity contribution < 1.29 is 0 Å². The highest BCUT2D eigenvalue weighted by atomic mass is 15.3. The molecule has 1 aromatic heterocycles. The summed E-state index contributed by atoms with van der Waals surface area (Å²) in [4.78, 5) is 13.3. The van der Waals surface area contributed by atoms with Gasteiger partial charge in [0.15, 0.2) is 0 Å². The molecular weight excluding hydrogens is 264 g/mol. The third-order valence-electron chi connectivity index (χ3n) is 3.88. The summed E-state index contributed by atoms with van der Waals surface area (Å²) < 4.78 is 0. The number of nitriles is 1. The first-order valence-electron chi connectivity index (χ1n) is 7.55. The van der Waals surface area contributed by atoms with Crippen molar-refractivity contribution in [2.45, 2.75) is 31.7 Å². The molecule has 1 atom stereocenters. The molecule has 1 aromatic rings. The Morgan fingerprint density at radius 2 is 1.90 bits per heavy atom. The standard InChI is InChI=1S/C15H24N6/c1-15(17,13-16)5-2-3-8-20-9-11-21(12-10-20)14-18-6-4-7-19-14/h4,6-7H,2-3,5,8-12,17H2,1H3. The summed E-state index contributed by atoms with van der Waals surface area (Å²) in [5.41, 5.74) is 5.15. The van der Waals surface area contributed by atoms with Crippen LogP contribution in [-0.2, 0) is 0 Å². The number of anilines is 1.